The topological polar surface area (TPSA) is 62.2 Å². The summed E-state index contributed by atoms with van der Waals surface area (Å²) < 4.78 is 38.2. The Morgan fingerprint density at radius 1 is 0.656 bits per heavy atom. The number of aliphatic hydroxyl groups is 2. The van der Waals surface area contributed by atoms with E-state index in [0.29, 0.717) is 6.54 Å². The first-order chi connectivity index (χ1) is 15.5. The molecule has 0 saturated carbocycles. The Balaban J connectivity index is 1.57. The molecule has 2 N–H and O–H groups in total. The Kier molecular flexibility index (Phi) is 8.98. The summed E-state index contributed by atoms with van der Waals surface area (Å²) in [6, 6.07) is 21.6. The van der Waals surface area contributed by atoms with Gasteiger partial charge in [0.05, 0.1) is 0 Å². The number of benzene rings is 3. The first-order valence-corrected chi connectivity index (χ1v) is 10.4. The highest BCUT2D eigenvalue weighted by Gasteiger charge is 2.18. The zero-order chi connectivity index (χ0) is 22.8. The Morgan fingerprint density at radius 2 is 1.09 bits per heavy atom. The van der Waals surface area contributed by atoms with Gasteiger partial charge in [-0.3, -0.25) is 4.90 Å². The first-order valence-electron chi connectivity index (χ1n) is 10.4. The van der Waals surface area contributed by atoms with E-state index in [9.17, 15) is 19.0 Å². The van der Waals surface area contributed by atoms with Crippen LogP contribution in [-0.4, -0.2) is 53.6 Å². The number of ether oxygens (including phenoxy) is 2. The lowest BCUT2D eigenvalue weighted by atomic mass is 10.2. The Morgan fingerprint density at radius 3 is 1.56 bits per heavy atom. The minimum absolute atomic E-state index is 0.0690. The van der Waals surface area contributed by atoms with Crippen molar-refractivity contribution in [1.29, 1.82) is 0 Å². The SMILES string of the molecule is O[C@H](COc1ccccc1F)CN(Cc1ccccc1)C[C@@H](O)COc1ccccc1F. The minimum atomic E-state index is -0.919. The fourth-order valence-electron chi connectivity index (χ4n) is 3.24. The van der Waals surface area contributed by atoms with Gasteiger partial charge in [-0.2, -0.15) is 0 Å². The molecule has 0 fully saturated rings. The van der Waals surface area contributed by atoms with Crippen LogP contribution in [0.2, 0.25) is 0 Å². The number of para-hydroxylation sites is 2. The zero-order valence-corrected chi connectivity index (χ0v) is 17.6. The molecule has 32 heavy (non-hydrogen) atoms. The highest BCUT2D eigenvalue weighted by Crippen LogP contribution is 2.17. The minimum Gasteiger partial charge on any atom is -0.488 e. The van der Waals surface area contributed by atoms with Crippen molar-refractivity contribution in [2.45, 2.75) is 18.8 Å². The van der Waals surface area contributed by atoms with Crippen molar-refractivity contribution in [1.82, 2.24) is 4.90 Å². The molecule has 5 nitrogen and oxygen atoms in total. The molecule has 170 valence electrons. The summed E-state index contributed by atoms with van der Waals surface area (Å²) >= 11 is 0. The van der Waals surface area contributed by atoms with Gasteiger partial charge in [-0.25, -0.2) is 8.78 Å². The van der Waals surface area contributed by atoms with Crippen LogP contribution in [0.3, 0.4) is 0 Å². The molecule has 3 rings (SSSR count). The van der Waals surface area contributed by atoms with E-state index in [1.807, 2.05) is 35.2 Å². The number of rotatable bonds is 12. The van der Waals surface area contributed by atoms with E-state index >= 15 is 0 Å². The van der Waals surface area contributed by atoms with Gasteiger partial charge in [-0.05, 0) is 29.8 Å². The fourth-order valence-corrected chi connectivity index (χ4v) is 3.24. The molecule has 0 aliphatic rings. The number of nitrogens with zero attached hydrogens (tertiary/aromatic N) is 1. The number of hydrogen-bond donors (Lipinski definition) is 2. The van der Waals surface area contributed by atoms with E-state index in [4.69, 9.17) is 9.47 Å². The van der Waals surface area contributed by atoms with Gasteiger partial charge in [0.15, 0.2) is 23.1 Å². The van der Waals surface area contributed by atoms with E-state index in [1.165, 1.54) is 24.3 Å². The van der Waals surface area contributed by atoms with Crippen molar-refractivity contribution in [3.8, 4) is 11.5 Å². The van der Waals surface area contributed by atoms with Crippen molar-refractivity contribution in [3.63, 3.8) is 0 Å². The molecule has 3 aromatic carbocycles. The molecule has 0 radical (unpaired) electrons. The molecular formula is C25H27F2NO4. The second kappa shape index (κ2) is 12.1. The summed E-state index contributed by atoms with van der Waals surface area (Å²) in [6.07, 6.45) is -1.84. The maximum absolute atomic E-state index is 13.7. The Bertz CT molecular complexity index is 900. The number of aliphatic hydroxyl groups excluding tert-OH is 2. The van der Waals surface area contributed by atoms with Crippen molar-refractivity contribution < 1.29 is 28.5 Å². The highest BCUT2D eigenvalue weighted by molar-refractivity contribution is 5.24. The lowest BCUT2D eigenvalue weighted by Gasteiger charge is -2.27. The summed E-state index contributed by atoms with van der Waals surface area (Å²) in [5.74, 6) is -0.859. The summed E-state index contributed by atoms with van der Waals surface area (Å²) in [5, 5.41) is 20.9. The van der Waals surface area contributed by atoms with Crippen LogP contribution in [0.4, 0.5) is 8.78 Å². The summed E-state index contributed by atoms with van der Waals surface area (Å²) in [4.78, 5) is 1.85. The van der Waals surface area contributed by atoms with Gasteiger partial charge >= 0.3 is 0 Å². The molecule has 0 heterocycles. The van der Waals surface area contributed by atoms with Gasteiger partial charge in [-0.1, -0.05) is 54.6 Å². The lowest BCUT2D eigenvalue weighted by molar-refractivity contribution is 0.0273. The van der Waals surface area contributed by atoms with Crippen LogP contribution in [0, 0.1) is 11.6 Å². The van der Waals surface area contributed by atoms with E-state index < -0.39 is 23.8 Å². The largest absolute Gasteiger partial charge is 0.488 e. The third-order valence-corrected chi connectivity index (χ3v) is 4.72. The van der Waals surface area contributed by atoms with Crippen LogP contribution in [0.25, 0.3) is 0 Å². The van der Waals surface area contributed by atoms with E-state index in [2.05, 4.69) is 0 Å². The van der Waals surface area contributed by atoms with Crippen LogP contribution in [0.15, 0.2) is 78.9 Å². The molecule has 0 aliphatic carbocycles. The van der Waals surface area contributed by atoms with Gasteiger partial charge in [0.2, 0.25) is 0 Å². The van der Waals surface area contributed by atoms with Gasteiger partial charge in [0.1, 0.15) is 25.4 Å². The predicted molar refractivity (Wildman–Crippen MR) is 118 cm³/mol. The molecule has 0 saturated heterocycles. The Labute approximate surface area is 186 Å². The lowest BCUT2D eigenvalue weighted by Crippen LogP contribution is -2.41. The Hall–Kier alpha value is -3.00. The number of halogens is 2. The molecule has 0 aromatic heterocycles. The van der Waals surface area contributed by atoms with Crippen LogP contribution in [0.5, 0.6) is 11.5 Å². The van der Waals surface area contributed by atoms with E-state index in [1.54, 1.807) is 24.3 Å². The third-order valence-electron chi connectivity index (χ3n) is 4.72. The zero-order valence-electron chi connectivity index (χ0n) is 17.6. The standard InChI is InChI=1S/C25H27F2NO4/c26-22-10-4-6-12-24(22)31-17-20(29)15-28(14-19-8-2-1-3-9-19)16-21(30)18-32-25-13-7-5-11-23(25)27/h1-13,20-21,29-30H,14-18H2/t20-,21+. The molecule has 2 atom stereocenters. The highest BCUT2D eigenvalue weighted by atomic mass is 19.1. The van der Waals surface area contributed by atoms with Crippen molar-refractivity contribution in [2.75, 3.05) is 26.3 Å². The van der Waals surface area contributed by atoms with Crippen LogP contribution in [0.1, 0.15) is 5.56 Å². The first kappa shape index (κ1) is 23.7. The average molecular weight is 443 g/mol. The van der Waals surface area contributed by atoms with Gasteiger partial charge in [0.25, 0.3) is 0 Å². The van der Waals surface area contributed by atoms with E-state index in [0.717, 1.165) is 5.56 Å². The maximum Gasteiger partial charge on any atom is 0.165 e. The molecule has 0 unspecified atom stereocenters. The second-order valence-electron chi connectivity index (χ2n) is 7.47. The molecule has 3 aromatic rings. The molecule has 0 spiro atoms. The van der Waals surface area contributed by atoms with Gasteiger partial charge < -0.3 is 19.7 Å². The summed E-state index contributed by atoms with van der Waals surface area (Å²) in [5.41, 5.74) is 0.997. The molecule has 0 bridgehead atoms. The average Bonchev–Trinajstić information content (AvgIpc) is 2.78. The second-order valence-corrected chi connectivity index (χ2v) is 7.47. The smallest absolute Gasteiger partial charge is 0.165 e. The number of hydrogen-bond acceptors (Lipinski definition) is 5. The molecule has 0 aliphatic heterocycles. The fraction of sp³-hybridized carbons (Fsp3) is 0.280. The quantitative estimate of drug-likeness (QED) is 0.448. The normalized spacial score (nSPS) is 13.0. The maximum atomic E-state index is 13.7. The van der Waals surface area contributed by atoms with Crippen molar-refractivity contribution in [2.24, 2.45) is 0 Å². The van der Waals surface area contributed by atoms with Crippen molar-refractivity contribution >= 4 is 0 Å². The van der Waals surface area contributed by atoms with Gasteiger partial charge in [-0.15, -0.1) is 0 Å². The van der Waals surface area contributed by atoms with Crippen LogP contribution < -0.4 is 9.47 Å². The van der Waals surface area contributed by atoms with Crippen LogP contribution >= 0.6 is 0 Å². The van der Waals surface area contributed by atoms with E-state index in [-0.39, 0.29) is 37.8 Å². The van der Waals surface area contributed by atoms with Gasteiger partial charge in [0, 0.05) is 19.6 Å². The van der Waals surface area contributed by atoms with Crippen LogP contribution in [-0.2, 0) is 6.54 Å². The summed E-state index contributed by atoms with van der Waals surface area (Å²) in [7, 11) is 0. The molecular weight excluding hydrogens is 416 g/mol. The van der Waals surface area contributed by atoms with Crippen molar-refractivity contribution in [3.05, 3.63) is 96.1 Å². The predicted octanol–water partition coefficient (Wildman–Crippen LogP) is 3.65. The monoisotopic (exact) mass is 443 g/mol. The summed E-state index contributed by atoms with van der Waals surface area (Å²) in [6.45, 7) is 0.622. The molecule has 0 amide bonds. The third kappa shape index (κ3) is 7.60. The molecule has 7 heteroatoms.